The van der Waals surface area contributed by atoms with Gasteiger partial charge in [-0.05, 0) is 37.3 Å². The normalized spacial score (nSPS) is 14.0. The van der Waals surface area contributed by atoms with E-state index in [-0.39, 0.29) is 12.5 Å². The second-order valence-corrected chi connectivity index (χ2v) is 6.31. The number of hydrogen-bond acceptors (Lipinski definition) is 5. The second kappa shape index (κ2) is 7.49. The highest BCUT2D eigenvalue weighted by Gasteiger charge is 2.12. The fraction of sp³-hybridized carbons (Fsp3) is 0.250. The number of fused-ring (bicyclic) bond motifs is 2. The molecule has 1 aliphatic rings. The molecule has 4 rings (SSSR count). The van der Waals surface area contributed by atoms with E-state index in [9.17, 15) is 4.79 Å². The summed E-state index contributed by atoms with van der Waals surface area (Å²) in [6.45, 7) is 3.27. The second-order valence-electron chi connectivity index (χ2n) is 6.31. The molecule has 0 spiro atoms. The SMILES string of the molecule is C/C(=N/NC(=O)Cn1cnc2ccccc21)c1ccc2c(c1)OCCCO2. The van der Waals surface area contributed by atoms with Crippen LogP contribution in [-0.2, 0) is 11.3 Å². The first kappa shape index (κ1) is 17.1. The van der Waals surface area contributed by atoms with Crippen LogP contribution >= 0.6 is 0 Å². The summed E-state index contributed by atoms with van der Waals surface area (Å²) < 4.78 is 13.1. The highest BCUT2D eigenvalue weighted by molar-refractivity contribution is 5.99. The molecular formula is C20H20N4O3. The van der Waals surface area contributed by atoms with Crippen molar-refractivity contribution in [3.8, 4) is 11.5 Å². The van der Waals surface area contributed by atoms with E-state index < -0.39 is 0 Å². The van der Waals surface area contributed by atoms with Crippen molar-refractivity contribution in [3.05, 3.63) is 54.4 Å². The molecule has 0 unspecified atom stereocenters. The number of imidazole rings is 1. The Bertz CT molecular complexity index is 1010. The number of amides is 1. The Labute approximate surface area is 156 Å². The summed E-state index contributed by atoms with van der Waals surface area (Å²) >= 11 is 0. The molecule has 7 heteroatoms. The first-order valence-electron chi connectivity index (χ1n) is 8.84. The van der Waals surface area contributed by atoms with Gasteiger partial charge in [0.25, 0.3) is 5.91 Å². The smallest absolute Gasteiger partial charge is 0.260 e. The molecule has 0 saturated heterocycles. The molecule has 0 radical (unpaired) electrons. The maximum Gasteiger partial charge on any atom is 0.260 e. The van der Waals surface area contributed by atoms with Gasteiger partial charge in [-0.15, -0.1) is 0 Å². The summed E-state index contributed by atoms with van der Waals surface area (Å²) in [5.74, 6) is 1.22. The average Bonchev–Trinajstić information content (AvgIpc) is 2.94. The molecule has 138 valence electrons. The lowest BCUT2D eigenvalue weighted by atomic mass is 10.1. The lowest BCUT2D eigenvalue weighted by Crippen LogP contribution is -2.24. The molecule has 2 heterocycles. The van der Waals surface area contributed by atoms with E-state index in [4.69, 9.17) is 9.47 Å². The van der Waals surface area contributed by atoms with E-state index in [1.165, 1.54) is 0 Å². The van der Waals surface area contributed by atoms with Crippen molar-refractivity contribution >= 4 is 22.7 Å². The molecule has 2 aromatic carbocycles. The highest BCUT2D eigenvalue weighted by atomic mass is 16.5. The van der Waals surface area contributed by atoms with E-state index in [1.54, 1.807) is 10.9 Å². The first-order valence-corrected chi connectivity index (χ1v) is 8.84. The number of para-hydroxylation sites is 2. The van der Waals surface area contributed by atoms with Gasteiger partial charge in [0, 0.05) is 12.0 Å². The minimum Gasteiger partial charge on any atom is -0.490 e. The number of carbonyl (C=O) groups excluding carboxylic acids is 1. The zero-order valence-electron chi connectivity index (χ0n) is 15.0. The predicted molar refractivity (Wildman–Crippen MR) is 102 cm³/mol. The topological polar surface area (TPSA) is 77.7 Å². The van der Waals surface area contributed by atoms with Crippen LogP contribution in [0, 0.1) is 0 Å². The molecule has 0 fully saturated rings. The van der Waals surface area contributed by atoms with Crippen LogP contribution in [0.1, 0.15) is 18.9 Å². The fourth-order valence-corrected chi connectivity index (χ4v) is 2.93. The quantitative estimate of drug-likeness (QED) is 0.570. The van der Waals surface area contributed by atoms with Gasteiger partial charge in [0.1, 0.15) is 6.54 Å². The molecule has 0 aliphatic carbocycles. The largest absolute Gasteiger partial charge is 0.490 e. The lowest BCUT2D eigenvalue weighted by molar-refractivity contribution is -0.121. The Kier molecular flexibility index (Phi) is 4.74. The van der Waals surface area contributed by atoms with Crippen molar-refractivity contribution < 1.29 is 14.3 Å². The van der Waals surface area contributed by atoms with Gasteiger partial charge in [-0.25, -0.2) is 10.4 Å². The van der Waals surface area contributed by atoms with Crippen LogP contribution in [0.15, 0.2) is 53.9 Å². The third-order valence-corrected chi connectivity index (χ3v) is 4.35. The number of nitrogens with zero attached hydrogens (tertiary/aromatic N) is 3. The maximum absolute atomic E-state index is 12.3. The standard InChI is InChI=1S/C20H20N4O3/c1-14(15-7-8-18-19(11-15)27-10-4-9-26-18)22-23-20(25)12-24-13-21-16-5-2-3-6-17(16)24/h2-3,5-8,11,13H,4,9-10,12H2,1H3,(H,23,25)/b22-14-. The summed E-state index contributed by atoms with van der Waals surface area (Å²) in [4.78, 5) is 16.5. The van der Waals surface area contributed by atoms with E-state index in [1.807, 2.05) is 49.4 Å². The van der Waals surface area contributed by atoms with E-state index in [2.05, 4.69) is 15.5 Å². The van der Waals surface area contributed by atoms with Crippen LogP contribution in [0.2, 0.25) is 0 Å². The van der Waals surface area contributed by atoms with Crippen LogP contribution in [0.5, 0.6) is 11.5 Å². The van der Waals surface area contributed by atoms with E-state index >= 15 is 0 Å². The number of rotatable bonds is 4. The number of benzene rings is 2. The van der Waals surface area contributed by atoms with Crippen LogP contribution in [0.3, 0.4) is 0 Å². The number of nitrogens with one attached hydrogen (secondary N) is 1. The molecule has 1 amide bonds. The summed E-state index contributed by atoms with van der Waals surface area (Å²) in [6.07, 6.45) is 2.51. The molecule has 0 bridgehead atoms. The Morgan fingerprint density at radius 2 is 2.00 bits per heavy atom. The Hall–Kier alpha value is -3.35. The molecule has 27 heavy (non-hydrogen) atoms. The maximum atomic E-state index is 12.3. The van der Waals surface area contributed by atoms with Gasteiger partial charge in [0.15, 0.2) is 11.5 Å². The van der Waals surface area contributed by atoms with Crippen LogP contribution in [-0.4, -0.2) is 34.4 Å². The average molecular weight is 364 g/mol. The minimum absolute atomic E-state index is 0.151. The number of aromatic nitrogens is 2. The van der Waals surface area contributed by atoms with Crippen molar-refractivity contribution in [3.63, 3.8) is 0 Å². The molecule has 1 N–H and O–H groups in total. The van der Waals surface area contributed by atoms with Gasteiger partial charge in [0.05, 0.1) is 36.3 Å². The van der Waals surface area contributed by atoms with Crippen LogP contribution in [0.4, 0.5) is 0 Å². The number of carbonyl (C=O) groups is 1. The lowest BCUT2D eigenvalue weighted by Gasteiger charge is -2.09. The number of hydrazone groups is 1. The van der Waals surface area contributed by atoms with Crippen LogP contribution in [0.25, 0.3) is 11.0 Å². The Morgan fingerprint density at radius 3 is 2.89 bits per heavy atom. The van der Waals surface area contributed by atoms with Gasteiger partial charge in [0.2, 0.25) is 0 Å². The highest BCUT2D eigenvalue weighted by Crippen LogP contribution is 2.30. The van der Waals surface area contributed by atoms with Gasteiger partial charge >= 0.3 is 0 Å². The number of ether oxygens (including phenoxy) is 2. The van der Waals surface area contributed by atoms with E-state index in [0.717, 1.165) is 28.8 Å². The van der Waals surface area contributed by atoms with Crippen molar-refractivity contribution in [2.45, 2.75) is 19.9 Å². The van der Waals surface area contributed by atoms with E-state index in [0.29, 0.717) is 24.7 Å². The third-order valence-electron chi connectivity index (χ3n) is 4.35. The Morgan fingerprint density at radius 1 is 1.19 bits per heavy atom. The molecule has 1 aliphatic heterocycles. The molecular weight excluding hydrogens is 344 g/mol. The summed E-state index contributed by atoms with van der Waals surface area (Å²) in [5, 5.41) is 4.21. The summed E-state index contributed by atoms with van der Waals surface area (Å²) in [6, 6.07) is 13.3. The predicted octanol–water partition coefficient (Wildman–Crippen LogP) is 2.74. The first-order chi connectivity index (χ1) is 13.2. The minimum atomic E-state index is -0.216. The summed E-state index contributed by atoms with van der Waals surface area (Å²) in [7, 11) is 0. The van der Waals surface area contributed by atoms with Crippen molar-refractivity contribution in [1.82, 2.24) is 15.0 Å². The van der Waals surface area contributed by atoms with Gasteiger partial charge < -0.3 is 14.0 Å². The molecule has 0 atom stereocenters. The van der Waals surface area contributed by atoms with Crippen molar-refractivity contribution in [2.24, 2.45) is 5.10 Å². The molecule has 7 nitrogen and oxygen atoms in total. The monoisotopic (exact) mass is 364 g/mol. The zero-order valence-corrected chi connectivity index (χ0v) is 15.0. The molecule has 0 saturated carbocycles. The summed E-state index contributed by atoms with van der Waals surface area (Å²) in [5.41, 5.74) is 5.93. The van der Waals surface area contributed by atoms with Gasteiger partial charge in [-0.2, -0.15) is 5.10 Å². The van der Waals surface area contributed by atoms with Crippen molar-refractivity contribution in [2.75, 3.05) is 13.2 Å². The molecule has 3 aromatic rings. The zero-order chi connectivity index (χ0) is 18.6. The number of hydrogen-bond donors (Lipinski definition) is 1. The third kappa shape index (κ3) is 3.76. The van der Waals surface area contributed by atoms with Gasteiger partial charge in [-0.1, -0.05) is 12.1 Å². The van der Waals surface area contributed by atoms with Gasteiger partial charge in [-0.3, -0.25) is 4.79 Å². The Balaban J connectivity index is 1.44. The van der Waals surface area contributed by atoms with Crippen molar-refractivity contribution in [1.29, 1.82) is 0 Å². The fourth-order valence-electron chi connectivity index (χ4n) is 2.93. The molecule has 1 aromatic heterocycles. The van der Waals surface area contributed by atoms with Crippen LogP contribution < -0.4 is 14.9 Å².